The van der Waals surface area contributed by atoms with Crippen LogP contribution in [0.1, 0.15) is 79.2 Å². The Morgan fingerprint density at radius 2 is 1.86 bits per heavy atom. The molecule has 10 nitrogen and oxygen atoms in total. The minimum atomic E-state index is -0.673. The van der Waals surface area contributed by atoms with E-state index in [-0.39, 0.29) is 40.0 Å². The third-order valence-corrected chi connectivity index (χ3v) is 7.61. The van der Waals surface area contributed by atoms with Crippen molar-refractivity contribution in [2.45, 2.75) is 57.4 Å². The molecule has 0 aliphatic heterocycles. The molecular formula is C26H32N6O4. The van der Waals surface area contributed by atoms with Gasteiger partial charge in [-0.1, -0.05) is 19.8 Å². The van der Waals surface area contributed by atoms with Crippen molar-refractivity contribution in [2.75, 3.05) is 24.7 Å². The Balaban J connectivity index is 1.51. The molecule has 0 saturated heterocycles. The van der Waals surface area contributed by atoms with Gasteiger partial charge < -0.3 is 20.6 Å². The first-order valence-electron chi connectivity index (χ1n) is 12.4. The molecule has 3 N–H and O–H groups in total. The van der Waals surface area contributed by atoms with E-state index >= 15 is 0 Å². The highest BCUT2D eigenvalue weighted by atomic mass is 16.3. The number of anilines is 3. The second kappa shape index (κ2) is 8.76. The zero-order valence-electron chi connectivity index (χ0n) is 21.1. The molecule has 5 rings (SSSR count). The van der Waals surface area contributed by atoms with Gasteiger partial charge in [-0.3, -0.25) is 19.1 Å². The molecule has 0 spiro atoms. The van der Waals surface area contributed by atoms with E-state index in [0.717, 1.165) is 44.2 Å². The summed E-state index contributed by atoms with van der Waals surface area (Å²) in [7, 11) is 5.02. The average Bonchev–Trinajstić information content (AvgIpc) is 3.49. The molecule has 1 atom stereocenters. The molecule has 1 aromatic carbocycles. The lowest BCUT2D eigenvalue weighted by molar-refractivity contribution is 0.0819. The van der Waals surface area contributed by atoms with Gasteiger partial charge in [0.1, 0.15) is 11.4 Å². The van der Waals surface area contributed by atoms with E-state index in [0.29, 0.717) is 5.92 Å². The van der Waals surface area contributed by atoms with Gasteiger partial charge >= 0.3 is 0 Å². The summed E-state index contributed by atoms with van der Waals surface area (Å²) in [5, 5.41) is 21.8. The average molecular weight is 493 g/mol. The Morgan fingerprint density at radius 1 is 1.19 bits per heavy atom. The lowest BCUT2D eigenvalue weighted by Crippen LogP contribution is -2.40. The number of aryl methyl sites for hydroxylation is 1. The Morgan fingerprint density at radius 3 is 2.50 bits per heavy atom. The SMILES string of the molecule is CN(C)C(=O)c1nccc(Nc2c(N[C@@H](c3nn(C)cc3C3CC3)C3(C)CCCC3)c(=O)c2=O)c1O. The third-order valence-electron chi connectivity index (χ3n) is 7.61. The number of rotatable bonds is 8. The molecule has 3 aromatic rings. The van der Waals surface area contributed by atoms with Gasteiger partial charge in [0, 0.05) is 33.5 Å². The molecule has 2 aliphatic carbocycles. The van der Waals surface area contributed by atoms with E-state index in [1.165, 1.54) is 22.7 Å². The Hall–Kier alpha value is -3.69. The zero-order valence-corrected chi connectivity index (χ0v) is 21.1. The summed E-state index contributed by atoms with van der Waals surface area (Å²) in [6, 6.07) is 1.22. The molecule has 190 valence electrons. The van der Waals surface area contributed by atoms with Crippen molar-refractivity contribution in [1.29, 1.82) is 0 Å². The third kappa shape index (κ3) is 4.04. The summed E-state index contributed by atoms with van der Waals surface area (Å²) in [4.78, 5) is 43.0. The van der Waals surface area contributed by atoms with Gasteiger partial charge in [-0.25, -0.2) is 4.98 Å². The van der Waals surface area contributed by atoms with Crippen LogP contribution in [0.25, 0.3) is 0 Å². The number of nitrogens with one attached hydrogen (secondary N) is 2. The maximum atomic E-state index is 12.8. The van der Waals surface area contributed by atoms with E-state index in [9.17, 15) is 19.5 Å². The number of pyridine rings is 1. The van der Waals surface area contributed by atoms with E-state index in [1.54, 1.807) is 14.1 Å². The van der Waals surface area contributed by atoms with Crippen LogP contribution in [-0.2, 0) is 7.05 Å². The zero-order chi connectivity index (χ0) is 25.8. The van der Waals surface area contributed by atoms with Crippen LogP contribution in [0.4, 0.5) is 17.1 Å². The smallest absolute Gasteiger partial charge is 0.275 e. The topological polar surface area (TPSA) is 129 Å². The Labute approximate surface area is 209 Å². The summed E-state index contributed by atoms with van der Waals surface area (Å²) in [6.45, 7) is 2.22. The summed E-state index contributed by atoms with van der Waals surface area (Å²) in [6.07, 6.45) is 9.88. The summed E-state index contributed by atoms with van der Waals surface area (Å²) in [5.74, 6) is -0.374. The van der Waals surface area contributed by atoms with Crippen LogP contribution in [-0.4, -0.2) is 44.8 Å². The molecule has 1 amide bonds. The molecule has 36 heavy (non-hydrogen) atoms. The first-order chi connectivity index (χ1) is 17.1. The fraction of sp³-hybridized carbons (Fsp3) is 0.500. The molecule has 2 aliphatic rings. The van der Waals surface area contributed by atoms with Crippen LogP contribution >= 0.6 is 0 Å². The summed E-state index contributed by atoms with van der Waals surface area (Å²) < 4.78 is 1.83. The minimum Gasteiger partial charge on any atom is -0.504 e. The van der Waals surface area contributed by atoms with Crippen LogP contribution in [0.2, 0.25) is 0 Å². The van der Waals surface area contributed by atoms with Gasteiger partial charge in [0.05, 0.1) is 17.4 Å². The molecule has 2 fully saturated rings. The normalized spacial score (nSPS) is 17.8. The first-order valence-corrected chi connectivity index (χ1v) is 12.4. The lowest BCUT2D eigenvalue weighted by Gasteiger charge is -2.35. The Bertz CT molecular complexity index is 1390. The summed E-state index contributed by atoms with van der Waals surface area (Å²) in [5.41, 5.74) is 0.979. The van der Waals surface area contributed by atoms with Gasteiger partial charge in [-0.15, -0.1) is 0 Å². The van der Waals surface area contributed by atoms with Crippen molar-refractivity contribution >= 4 is 23.0 Å². The van der Waals surface area contributed by atoms with Crippen LogP contribution in [0, 0.1) is 5.41 Å². The molecule has 2 aromatic heterocycles. The van der Waals surface area contributed by atoms with Gasteiger partial charge in [0.15, 0.2) is 11.4 Å². The van der Waals surface area contributed by atoms with Gasteiger partial charge in [0.2, 0.25) is 0 Å². The molecule has 0 bridgehead atoms. The number of aromatic nitrogens is 3. The fourth-order valence-electron chi connectivity index (χ4n) is 5.35. The Kier molecular flexibility index (Phi) is 5.84. The predicted octanol–water partition coefficient (Wildman–Crippen LogP) is 3.17. The minimum absolute atomic E-state index is 0.0697. The van der Waals surface area contributed by atoms with Crippen LogP contribution < -0.4 is 21.5 Å². The number of amides is 1. The van der Waals surface area contributed by atoms with Crippen LogP contribution in [0.5, 0.6) is 5.75 Å². The van der Waals surface area contributed by atoms with Gasteiger partial charge in [-0.2, -0.15) is 5.10 Å². The van der Waals surface area contributed by atoms with E-state index < -0.39 is 16.8 Å². The maximum absolute atomic E-state index is 12.8. The number of carbonyl (C=O) groups is 1. The van der Waals surface area contributed by atoms with Gasteiger partial charge in [0.25, 0.3) is 16.8 Å². The number of aromatic hydroxyl groups is 1. The second-order valence-corrected chi connectivity index (χ2v) is 10.6. The molecule has 0 radical (unpaired) electrons. The number of carbonyl (C=O) groups excluding carboxylic acids is 1. The lowest BCUT2D eigenvalue weighted by atomic mass is 9.77. The predicted molar refractivity (Wildman–Crippen MR) is 137 cm³/mol. The largest absolute Gasteiger partial charge is 0.504 e. The summed E-state index contributed by atoms with van der Waals surface area (Å²) >= 11 is 0. The molecular weight excluding hydrogens is 460 g/mol. The molecule has 2 saturated carbocycles. The quantitative estimate of drug-likeness (QED) is 0.409. The van der Waals surface area contributed by atoms with Crippen molar-refractivity contribution in [3.8, 4) is 5.75 Å². The molecule has 10 heteroatoms. The van der Waals surface area contributed by atoms with Crippen molar-refractivity contribution in [3.05, 3.63) is 55.9 Å². The number of hydrogen-bond acceptors (Lipinski definition) is 8. The van der Waals surface area contributed by atoms with Crippen LogP contribution in [0.3, 0.4) is 0 Å². The van der Waals surface area contributed by atoms with Crippen molar-refractivity contribution in [1.82, 2.24) is 19.7 Å². The highest BCUT2D eigenvalue weighted by Gasteiger charge is 2.43. The number of nitrogens with zero attached hydrogens (tertiary/aromatic N) is 4. The van der Waals surface area contributed by atoms with E-state index in [1.807, 2.05) is 11.7 Å². The standard InChI is InChI=1S/C26H32N6O4/c1-26(10-5-6-11-26)24(17-15(14-7-8-14)13-32(4)30-17)29-19-18(22(34)23(19)35)28-16-9-12-27-20(21(16)33)25(36)31(2)3/h9,12-14,24,29,33H,5-8,10-11H2,1-4H3,(H,27,28)/t24-/m0/s1. The monoisotopic (exact) mass is 492 g/mol. The van der Waals surface area contributed by atoms with Crippen LogP contribution in [0.15, 0.2) is 28.0 Å². The van der Waals surface area contributed by atoms with E-state index in [4.69, 9.17) is 5.10 Å². The number of hydrogen-bond donors (Lipinski definition) is 3. The van der Waals surface area contributed by atoms with Crippen molar-refractivity contribution < 1.29 is 9.90 Å². The molecule has 2 heterocycles. The van der Waals surface area contributed by atoms with Gasteiger partial charge in [-0.05, 0) is 48.6 Å². The highest BCUT2D eigenvalue weighted by molar-refractivity contribution is 5.97. The highest BCUT2D eigenvalue weighted by Crippen LogP contribution is 2.52. The van der Waals surface area contributed by atoms with Crippen molar-refractivity contribution in [2.24, 2.45) is 12.5 Å². The maximum Gasteiger partial charge on any atom is 0.275 e. The second-order valence-electron chi connectivity index (χ2n) is 10.6. The fourth-order valence-corrected chi connectivity index (χ4v) is 5.35. The molecule has 0 unspecified atom stereocenters. The van der Waals surface area contributed by atoms with E-state index in [2.05, 4.69) is 28.7 Å². The van der Waals surface area contributed by atoms with Crippen molar-refractivity contribution in [3.63, 3.8) is 0 Å². The first kappa shape index (κ1) is 24.0.